The molecule has 1 aliphatic rings. The van der Waals surface area contributed by atoms with Gasteiger partial charge in [0.25, 0.3) is 0 Å². The lowest BCUT2D eigenvalue weighted by Crippen LogP contribution is -2.31. The molecule has 1 aromatic rings. The monoisotopic (exact) mass is 282 g/mol. The summed E-state index contributed by atoms with van der Waals surface area (Å²) in [5.41, 5.74) is 0.662. The van der Waals surface area contributed by atoms with Crippen LogP contribution >= 0.6 is 11.3 Å². The lowest BCUT2D eigenvalue weighted by Gasteiger charge is -2.18. The van der Waals surface area contributed by atoms with E-state index in [-0.39, 0.29) is 11.6 Å². The van der Waals surface area contributed by atoms with Crippen LogP contribution in [0.5, 0.6) is 0 Å². The molecular weight excluding hydrogens is 268 g/mol. The van der Waals surface area contributed by atoms with Crippen LogP contribution in [0.1, 0.15) is 28.3 Å². The third kappa shape index (κ3) is 2.93. The number of rotatable bonds is 3. The second-order valence-corrected chi connectivity index (χ2v) is 5.03. The Balaban J connectivity index is 2.28. The van der Waals surface area contributed by atoms with E-state index in [0.29, 0.717) is 23.7 Å². The molecule has 0 unspecified atom stereocenters. The van der Waals surface area contributed by atoms with Crippen molar-refractivity contribution < 1.29 is 19.4 Å². The largest absolute Gasteiger partial charge is 0.476 e. The van der Waals surface area contributed by atoms with Gasteiger partial charge in [0.05, 0.1) is 5.69 Å². The molecule has 2 heterocycles. The number of amides is 1. The molecule has 1 aliphatic heterocycles. The lowest BCUT2D eigenvalue weighted by molar-refractivity contribution is 0.0696. The van der Waals surface area contributed by atoms with Crippen LogP contribution in [0.3, 0.4) is 0 Å². The summed E-state index contributed by atoms with van der Waals surface area (Å²) in [6.07, 6.45) is 3.41. The van der Waals surface area contributed by atoms with E-state index in [0.717, 1.165) is 24.2 Å². The van der Waals surface area contributed by atoms with E-state index >= 15 is 0 Å². The minimum Gasteiger partial charge on any atom is -0.476 e. The van der Waals surface area contributed by atoms with Crippen molar-refractivity contribution in [3.05, 3.63) is 23.4 Å². The van der Waals surface area contributed by atoms with Crippen molar-refractivity contribution in [3.8, 4) is 0 Å². The molecule has 1 amide bonds. The summed E-state index contributed by atoms with van der Waals surface area (Å²) in [6.45, 7) is 4.14. The fourth-order valence-corrected chi connectivity index (χ4v) is 2.82. The maximum atomic E-state index is 11.9. The molecule has 19 heavy (non-hydrogen) atoms. The summed E-state index contributed by atoms with van der Waals surface area (Å²) >= 11 is 1.02. The predicted molar refractivity (Wildman–Crippen MR) is 70.9 cm³/mol. The number of carbonyl (C=O) groups is 2. The van der Waals surface area contributed by atoms with Gasteiger partial charge in [0, 0.05) is 6.54 Å². The van der Waals surface area contributed by atoms with Crippen LogP contribution in [0.15, 0.2) is 12.7 Å². The highest BCUT2D eigenvalue weighted by molar-refractivity contribution is 7.17. The van der Waals surface area contributed by atoms with Gasteiger partial charge < -0.3 is 9.84 Å². The van der Waals surface area contributed by atoms with Crippen LogP contribution in [0.25, 0.3) is 0 Å². The maximum Gasteiger partial charge on any atom is 0.415 e. The van der Waals surface area contributed by atoms with Gasteiger partial charge in [-0.25, -0.2) is 14.6 Å². The number of aryl methyl sites for hydroxylation is 1. The van der Waals surface area contributed by atoms with Crippen molar-refractivity contribution in [1.82, 2.24) is 4.98 Å². The highest BCUT2D eigenvalue weighted by Crippen LogP contribution is 2.33. The summed E-state index contributed by atoms with van der Waals surface area (Å²) < 4.78 is 5.01. The first-order chi connectivity index (χ1) is 9.13. The number of carboxylic acid groups (broad SMARTS) is 1. The minimum absolute atomic E-state index is 0.00780. The summed E-state index contributed by atoms with van der Waals surface area (Å²) in [5, 5.41) is 9.57. The summed E-state index contributed by atoms with van der Waals surface area (Å²) in [4.78, 5) is 28.4. The van der Waals surface area contributed by atoms with Gasteiger partial charge in [0.15, 0.2) is 0 Å². The zero-order chi connectivity index (χ0) is 13.8. The van der Waals surface area contributed by atoms with Gasteiger partial charge >= 0.3 is 12.1 Å². The van der Waals surface area contributed by atoms with E-state index in [2.05, 4.69) is 11.6 Å². The number of thiazole rings is 1. The van der Waals surface area contributed by atoms with Crippen molar-refractivity contribution in [2.24, 2.45) is 0 Å². The van der Waals surface area contributed by atoms with Gasteiger partial charge in [0.1, 0.15) is 11.6 Å². The number of carboxylic acids is 1. The molecule has 0 aromatic carbocycles. The Kier molecular flexibility index (Phi) is 4.16. The quantitative estimate of drug-likeness (QED) is 0.860. The molecular formula is C12H14N2O4S. The highest BCUT2D eigenvalue weighted by atomic mass is 32.1. The van der Waals surface area contributed by atoms with Crippen molar-refractivity contribution >= 4 is 28.4 Å². The number of hydrogen-bond donors (Lipinski definition) is 1. The predicted octanol–water partition coefficient (Wildman–Crippen LogP) is 2.31. The molecule has 1 N–H and O–H groups in total. The Labute approximate surface area is 114 Å². The topological polar surface area (TPSA) is 79.7 Å². The van der Waals surface area contributed by atoms with E-state index in [9.17, 15) is 9.59 Å². The maximum absolute atomic E-state index is 11.9. The van der Waals surface area contributed by atoms with E-state index in [1.165, 1.54) is 11.0 Å². The number of carbonyl (C=O) groups excluding carboxylic acids is 1. The van der Waals surface area contributed by atoms with Crippen LogP contribution in [0.2, 0.25) is 0 Å². The first kappa shape index (κ1) is 13.5. The van der Waals surface area contributed by atoms with Gasteiger partial charge in [-0.1, -0.05) is 24.0 Å². The van der Waals surface area contributed by atoms with Crippen molar-refractivity contribution in [3.63, 3.8) is 0 Å². The van der Waals surface area contributed by atoms with Crippen molar-refractivity contribution in [1.29, 1.82) is 0 Å². The molecule has 0 spiro atoms. The van der Waals surface area contributed by atoms with Crippen LogP contribution in [0, 0.1) is 0 Å². The smallest absolute Gasteiger partial charge is 0.415 e. The Morgan fingerprint density at radius 3 is 3.00 bits per heavy atom. The molecule has 1 aromatic heterocycles. The van der Waals surface area contributed by atoms with Crippen molar-refractivity contribution in [2.75, 3.05) is 18.1 Å². The van der Waals surface area contributed by atoms with Gasteiger partial charge in [-0.15, -0.1) is 0 Å². The molecule has 0 saturated heterocycles. The standard InChI is InChI=1S/C12H14N2O4S/c1-2-7-18-12(17)14-6-4-3-5-8-10(14)19-9(13-8)11(15)16/h2H,1,3-7H2,(H,15,16). The third-order valence-corrected chi connectivity index (χ3v) is 3.80. The zero-order valence-electron chi connectivity index (χ0n) is 10.3. The minimum atomic E-state index is -1.07. The molecule has 0 radical (unpaired) electrons. The van der Waals surface area contributed by atoms with Gasteiger partial charge in [0.2, 0.25) is 5.01 Å². The second-order valence-electron chi connectivity index (χ2n) is 4.05. The van der Waals surface area contributed by atoms with Crippen LogP contribution < -0.4 is 4.90 Å². The number of anilines is 1. The molecule has 6 nitrogen and oxygen atoms in total. The van der Waals surface area contributed by atoms with Crippen molar-refractivity contribution in [2.45, 2.75) is 19.3 Å². The number of nitrogens with zero attached hydrogens (tertiary/aromatic N) is 2. The fourth-order valence-electron chi connectivity index (χ4n) is 1.86. The Morgan fingerprint density at radius 2 is 2.32 bits per heavy atom. The van der Waals surface area contributed by atoms with Gasteiger partial charge in [-0.2, -0.15) is 0 Å². The van der Waals surface area contributed by atoms with Crippen LogP contribution in [-0.4, -0.2) is 35.3 Å². The Bertz CT molecular complexity index is 512. The SMILES string of the molecule is C=CCOC(=O)N1CCCCc2nc(C(=O)O)sc21. The van der Waals surface area contributed by atoms with E-state index in [4.69, 9.17) is 9.84 Å². The summed E-state index contributed by atoms with van der Waals surface area (Å²) in [5.74, 6) is -1.07. The molecule has 0 aliphatic carbocycles. The molecule has 0 atom stereocenters. The fraction of sp³-hybridized carbons (Fsp3) is 0.417. The Hall–Kier alpha value is -1.89. The molecule has 102 valence electrons. The van der Waals surface area contributed by atoms with E-state index < -0.39 is 12.1 Å². The van der Waals surface area contributed by atoms with Gasteiger partial charge in [-0.3, -0.25) is 4.90 Å². The number of fused-ring (bicyclic) bond motifs is 1. The zero-order valence-corrected chi connectivity index (χ0v) is 11.1. The third-order valence-electron chi connectivity index (χ3n) is 2.70. The second kappa shape index (κ2) is 5.83. The van der Waals surface area contributed by atoms with Crippen LogP contribution in [0.4, 0.5) is 9.80 Å². The molecule has 2 rings (SSSR count). The lowest BCUT2D eigenvalue weighted by atomic mass is 10.2. The van der Waals surface area contributed by atoms with Gasteiger partial charge in [-0.05, 0) is 19.3 Å². The summed E-state index contributed by atoms with van der Waals surface area (Å²) in [6, 6.07) is 0. The first-order valence-corrected chi connectivity index (χ1v) is 6.73. The average molecular weight is 282 g/mol. The number of hydrogen-bond acceptors (Lipinski definition) is 5. The molecule has 0 saturated carbocycles. The molecule has 0 fully saturated rings. The van der Waals surface area contributed by atoms with Crippen LogP contribution in [-0.2, 0) is 11.2 Å². The highest BCUT2D eigenvalue weighted by Gasteiger charge is 2.27. The van der Waals surface area contributed by atoms with E-state index in [1.807, 2.05) is 0 Å². The number of aromatic nitrogens is 1. The van der Waals surface area contributed by atoms with E-state index in [1.54, 1.807) is 0 Å². The number of ether oxygens (including phenoxy) is 1. The first-order valence-electron chi connectivity index (χ1n) is 5.91. The summed E-state index contributed by atoms with van der Waals surface area (Å²) in [7, 11) is 0. The molecule has 7 heteroatoms. The molecule has 0 bridgehead atoms. The Morgan fingerprint density at radius 1 is 1.53 bits per heavy atom. The average Bonchev–Trinajstić information content (AvgIpc) is 2.71. The number of aromatic carboxylic acids is 1. The normalized spacial score (nSPS) is 14.4.